The van der Waals surface area contributed by atoms with Crippen molar-refractivity contribution in [1.29, 1.82) is 0 Å². The van der Waals surface area contributed by atoms with Gasteiger partial charge in [0.1, 0.15) is 5.69 Å². The quantitative estimate of drug-likeness (QED) is 0.494. The first-order chi connectivity index (χ1) is 13.5. The number of nitrogens with zero attached hydrogens (tertiary/aromatic N) is 3. The van der Waals surface area contributed by atoms with Crippen molar-refractivity contribution in [2.75, 3.05) is 5.32 Å². The van der Waals surface area contributed by atoms with Crippen molar-refractivity contribution in [3.8, 4) is 0 Å². The van der Waals surface area contributed by atoms with Gasteiger partial charge in [-0.25, -0.2) is 4.98 Å². The maximum Gasteiger partial charge on any atom is 0.274 e. The minimum atomic E-state index is -0.176. The predicted molar refractivity (Wildman–Crippen MR) is 114 cm³/mol. The van der Waals surface area contributed by atoms with E-state index in [0.717, 1.165) is 27.8 Å². The molecule has 28 heavy (non-hydrogen) atoms. The number of aryl methyl sites for hydroxylation is 2. The van der Waals surface area contributed by atoms with E-state index in [0.29, 0.717) is 11.4 Å². The van der Waals surface area contributed by atoms with E-state index in [-0.39, 0.29) is 5.91 Å². The molecule has 0 radical (unpaired) electrons. The van der Waals surface area contributed by atoms with E-state index < -0.39 is 0 Å². The van der Waals surface area contributed by atoms with E-state index in [1.165, 1.54) is 11.1 Å². The molecule has 3 aromatic heterocycles. The van der Waals surface area contributed by atoms with E-state index in [1.54, 1.807) is 12.4 Å². The van der Waals surface area contributed by atoms with Gasteiger partial charge in [0.25, 0.3) is 5.91 Å². The number of aromatic nitrogens is 3. The van der Waals surface area contributed by atoms with Crippen LogP contribution in [0.3, 0.4) is 0 Å². The molecule has 4 aromatic rings. The fraction of sp³-hybridized carbons (Fsp3) is 0.136. The average Bonchev–Trinajstić information content (AvgIpc) is 3.00. The molecule has 0 atom stereocenters. The number of carbonyl (C=O) groups is 1. The number of imidazole rings is 1. The third kappa shape index (κ3) is 3.68. The van der Waals surface area contributed by atoms with Crippen LogP contribution >= 0.6 is 15.9 Å². The number of fused-ring (bicyclic) bond motifs is 1. The minimum Gasteiger partial charge on any atom is -0.321 e. The van der Waals surface area contributed by atoms with Gasteiger partial charge >= 0.3 is 0 Å². The second-order valence-electron chi connectivity index (χ2n) is 6.79. The van der Waals surface area contributed by atoms with Crippen LogP contribution in [-0.2, 0) is 6.42 Å². The van der Waals surface area contributed by atoms with Gasteiger partial charge in [-0.1, -0.05) is 12.1 Å². The Morgan fingerprint density at radius 3 is 2.46 bits per heavy atom. The number of hydrogen-bond donors (Lipinski definition) is 1. The lowest BCUT2D eigenvalue weighted by Crippen LogP contribution is -2.15. The molecule has 1 aromatic carbocycles. The Kier molecular flexibility index (Phi) is 4.96. The molecule has 0 spiro atoms. The summed E-state index contributed by atoms with van der Waals surface area (Å²) >= 11 is 3.53. The first-order valence-electron chi connectivity index (χ1n) is 8.95. The number of amides is 1. The van der Waals surface area contributed by atoms with Gasteiger partial charge in [0.2, 0.25) is 0 Å². The first-order valence-corrected chi connectivity index (χ1v) is 9.74. The molecule has 3 heterocycles. The zero-order valence-electron chi connectivity index (χ0n) is 15.6. The van der Waals surface area contributed by atoms with Gasteiger partial charge < -0.3 is 5.32 Å². The Hall–Kier alpha value is -2.99. The maximum absolute atomic E-state index is 12.9. The van der Waals surface area contributed by atoms with Gasteiger partial charge in [-0.05, 0) is 83.2 Å². The summed E-state index contributed by atoms with van der Waals surface area (Å²) < 4.78 is 2.71. The largest absolute Gasteiger partial charge is 0.321 e. The van der Waals surface area contributed by atoms with Crippen molar-refractivity contribution in [1.82, 2.24) is 14.4 Å². The van der Waals surface area contributed by atoms with Crippen LogP contribution in [0.15, 0.2) is 65.5 Å². The molecule has 0 aliphatic rings. The van der Waals surface area contributed by atoms with Crippen LogP contribution < -0.4 is 5.32 Å². The molecule has 0 saturated heterocycles. The lowest BCUT2D eigenvalue weighted by Gasteiger charge is -2.08. The highest BCUT2D eigenvalue weighted by Gasteiger charge is 2.18. The Morgan fingerprint density at radius 2 is 1.75 bits per heavy atom. The van der Waals surface area contributed by atoms with Crippen LogP contribution in [0.5, 0.6) is 0 Å². The molecule has 4 rings (SSSR count). The van der Waals surface area contributed by atoms with Crippen molar-refractivity contribution in [3.63, 3.8) is 0 Å². The molecule has 5 nitrogen and oxygen atoms in total. The molecule has 0 fully saturated rings. The van der Waals surface area contributed by atoms with Crippen molar-refractivity contribution in [3.05, 3.63) is 93.6 Å². The molecule has 1 N–H and O–H groups in total. The second-order valence-corrected chi connectivity index (χ2v) is 7.64. The van der Waals surface area contributed by atoms with Gasteiger partial charge in [0, 0.05) is 24.3 Å². The number of rotatable bonds is 4. The lowest BCUT2D eigenvalue weighted by molar-refractivity contribution is 0.102. The summed E-state index contributed by atoms with van der Waals surface area (Å²) in [4.78, 5) is 21.5. The SMILES string of the molecule is Cc1cc(Br)c2nc(C)c(C(=O)Nc3ccc(Cc4ccncc4)cc3)n2c1. The van der Waals surface area contributed by atoms with Gasteiger partial charge in [0.15, 0.2) is 5.65 Å². The Labute approximate surface area is 171 Å². The Morgan fingerprint density at radius 1 is 1.07 bits per heavy atom. The van der Waals surface area contributed by atoms with Crippen LogP contribution in [-0.4, -0.2) is 20.3 Å². The second kappa shape index (κ2) is 7.56. The van der Waals surface area contributed by atoms with Crippen molar-refractivity contribution < 1.29 is 4.79 Å². The monoisotopic (exact) mass is 434 g/mol. The smallest absolute Gasteiger partial charge is 0.274 e. The van der Waals surface area contributed by atoms with Crippen molar-refractivity contribution >= 4 is 33.2 Å². The summed E-state index contributed by atoms with van der Waals surface area (Å²) in [6, 6.07) is 13.9. The van der Waals surface area contributed by atoms with Crippen molar-refractivity contribution in [2.45, 2.75) is 20.3 Å². The predicted octanol–water partition coefficient (Wildman–Crippen LogP) is 4.95. The zero-order valence-corrected chi connectivity index (χ0v) is 17.2. The van der Waals surface area contributed by atoms with Gasteiger partial charge in [0.05, 0.1) is 10.2 Å². The van der Waals surface area contributed by atoms with Gasteiger partial charge in [-0.3, -0.25) is 14.2 Å². The average molecular weight is 435 g/mol. The summed E-state index contributed by atoms with van der Waals surface area (Å²) in [6.45, 7) is 3.84. The number of carbonyl (C=O) groups excluding carboxylic acids is 1. The van der Waals surface area contributed by atoms with Crippen LogP contribution in [0.2, 0.25) is 0 Å². The lowest BCUT2D eigenvalue weighted by atomic mass is 10.1. The number of nitrogens with one attached hydrogen (secondary N) is 1. The minimum absolute atomic E-state index is 0.176. The van der Waals surface area contributed by atoms with Gasteiger partial charge in [-0.2, -0.15) is 0 Å². The van der Waals surface area contributed by atoms with E-state index in [9.17, 15) is 4.79 Å². The molecule has 6 heteroatoms. The highest BCUT2D eigenvalue weighted by atomic mass is 79.9. The van der Waals surface area contributed by atoms with E-state index in [1.807, 2.05) is 66.9 Å². The molecule has 0 bridgehead atoms. The third-order valence-electron chi connectivity index (χ3n) is 4.57. The number of benzene rings is 1. The molecule has 0 aliphatic heterocycles. The zero-order chi connectivity index (χ0) is 19.7. The highest BCUT2D eigenvalue weighted by molar-refractivity contribution is 9.10. The van der Waals surface area contributed by atoms with E-state index in [4.69, 9.17) is 0 Å². The van der Waals surface area contributed by atoms with Crippen molar-refractivity contribution in [2.24, 2.45) is 0 Å². The molecular formula is C22H19BrN4O. The normalized spacial score (nSPS) is 11.0. The number of pyridine rings is 2. The molecule has 1 amide bonds. The summed E-state index contributed by atoms with van der Waals surface area (Å²) in [5.74, 6) is -0.176. The third-order valence-corrected chi connectivity index (χ3v) is 5.15. The maximum atomic E-state index is 12.9. The highest BCUT2D eigenvalue weighted by Crippen LogP contribution is 2.23. The van der Waals surface area contributed by atoms with E-state index in [2.05, 4.69) is 31.2 Å². The molecule has 0 saturated carbocycles. The Bertz CT molecular complexity index is 1150. The number of halogens is 1. The summed E-state index contributed by atoms with van der Waals surface area (Å²) in [6.07, 6.45) is 6.34. The topological polar surface area (TPSA) is 59.3 Å². The van der Waals surface area contributed by atoms with Crippen LogP contribution in [0.25, 0.3) is 5.65 Å². The number of anilines is 1. The number of hydrogen-bond acceptors (Lipinski definition) is 3. The fourth-order valence-corrected chi connectivity index (χ4v) is 3.89. The summed E-state index contributed by atoms with van der Waals surface area (Å²) in [5, 5.41) is 2.98. The molecule has 140 valence electrons. The van der Waals surface area contributed by atoms with Gasteiger partial charge in [-0.15, -0.1) is 0 Å². The van der Waals surface area contributed by atoms with Crippen LogP contribution in [0, 0.1) is 13.8 Å². The summed E-state index contributed by atoms with van der Waals surface area (Å²) in [7, 11) is 0. The van der Waals surface area contributed by atoms with Crippen LogP contribution in [0.4, 0.5) is 5.69 Å². The standard InChI is InChI=1S/C22H19BrN4O/c1-14-11-19(23)21-25-15(2)20(27(21)13-14)22(28)26-18-5-3-16(4-6-18)12-17-7-9-24-10-8-17/h3-11,13H,12H2,1-2H3,(H,26,28). The first kappa shape index (κ1) is 18.4. The molecule has 0 unspecified atom stereocenters. The van der Waals surface area contributed by atoms with Crippen LogP contribution in [0.1, 0.15) is 32.9 Å². The van der Waals surface area contributed by atoms with E-state index >= 15 is 0 Å². The molecular weight excluding hydrogens is 416 g/mol. The summed E-state index contributed by atoms with van der Waals surface area (Å²) in [5.41, 5.74) is 6.15. The fourth-order valence-electron chi connectivity index (χ4n) is 3.25. The Balaban J connectivity index is 1.56. The molecule has 0 aliphatic carbocycles.